The minimum Gasteiger partial charge on any atom is -0.332 e. The molecule has 0 radical (unpaired) electrons. The highest BCUT2D eigenvalue weighted by Gasteiger charge is 2.52. The summed E-state index contributed by atoms with van der Waals surface area (Å²) in [5, 5.41) is 3.59. The smallest absolute Gasteiger partial charge is 0.318 e. The van der Waals surface area contributed by atoms with Gasteiger partial charge in [-0.15, -0.1) is 0 Å². The minimum absolute atomic E-state index is 0.000674. The maximum Gasteiger partial charge on any atom is 0.318 e. The van der Waals surface area contributed by atoms with Gasteiger partial charge in [-0.05, 0) is 97.7 Å². The normalized spacial score (nSPS) is 31.0. The molecule has 2 heterocycles. The first-order chi connectivity index (χ1) is 16.6. The minimum atomic E-state index is -0.295. The lowest BCUT2D eigenvalue weighted by Gasteiger charge is -2.57. The van der Waals surface area contributed by atoms with Crippen LogP contribution in [0.15, 0.2) is 66.9 Å². The average molecular weight is 456 g/mol. The standard InChI is InChI=1S/C29H30FN3O/c30-24-9-7-22(8-10-24)27-26-6-3-11-32(26)25-5-2-1-4-23(25)18-33(27)28(34)31-29-15-19-12-20(16-29)14-21(13-19)17-29/h1-11,19-21,27H,12-18H2,(H,31,34)/t19?,20?,21?,27-,29?/m1/s1. The Hall–Kier alpha value is -3.08. The summed E-state index contributed by atoms with van der Waals surface area (Å²) >= 11 is 0. The first kappa shape index (κ1) is 20.3. The number of fused-ring (bicyclic) bond motifs is 3. The number of hydrogen-bond acceptors (Lipinski definition) is 1. The highest BCUT2D eigenvalue weighted by Crippen LogP contribution is 2.55. The molecule has 174 valence electrons. The van der Waals surface area contributed by atoms with Gasteiger partial charge in [-0.2, -0.15) is 0 Å². The summed E-state index contributed by atoms with van der Waals surface area (Å²) < 4.78 is 16.0. The van der Waals surface area contributed by atoms with E-state index in [2.05, 4.69) is 34.3 Å². The van der Waals surface area contributed by atoms with Crippen molar-refractivity contribution in [1.82, 2.24) is 14.8 Å². The lowest BCUT2D eigenvalue weighted by molar-refractivity contribution is -0.0163. The Bertz CT molecular complexity index is 1210. The summed E-state index contributed by atoms with van der Waals surface area (Å²) in [7, 11) is 0. The largest absolute Gasteiger partial charge is 0.332 e. The SMILES string of the molecule is O=C(NC12CC3CC(CC(C3)C1)C2)N1Cc2ccccc2-n2cccc2[C@H]1c1ccc(F)cc1. The van der Waals surface area contributed by atoms with Crippen molar-refractivity contribution in [1.29, 1.82) is 0 Å². The van der Waals surface area contributed by atoms with Crippen molar-refractivity contribution in [2.45, 2.75) is 56.7 Å². The van der Waals surface area contributed by atoms with E-state index in [1.165, 1.54) is 31.4 Å². The van der Waals surface area contributed by atoms with Crippen molar-refractivity contribution in [3.8, 4) is 5.69 Å². The van der Waals surface area contributed by atoms with Crippen molar-refractivity contribution >= 4 is 6.03 Å². The summed E-state index contributed by atoms with van der Waals surface area (Å²) in [6, 6.07) is 18.7. The summed E-state index contributed by atoms with van der Waals surface area (Å²) in [5.41, 5.74) is 4.10. The third-order valence-electron chi connectivity index (χ3n) is 8.82. The van der Waals surface area contributed by atoms with E-state index in [1.807, 2.05) is 35.2 Å². The Kier molecular flexibility index (Phi) is 4.46. The maximum absolute atomic E-state index is 14.2. The predicted octanol–water partition coefficient (Wildman–Crippen LogP) is 6.20. The summed E-state index contributed by atoms with van der Waals surface area (Å²) in [6.07, 6.45) is 9.45. The first-order valence-corrected chi connectivity index (χ1v) is 12.7. The lowest BCUT2D eigenvalue weighted by atomic mass is 9.53. The molecular formula is C29H30FN3O. The van der Waals surface area contributed by atoms with E-state index in [9.17, 15) is 9.18 Å². The van der Waals surface area contributed by atoms with Gasteiger partial charge in [0.05, 0.1) is 18.3 Å². The first-order valence-electron chi connectivity index (χ1n) is 12.7. The van der Waals surface area contributed by atoms with E-state index >= 15 is 0 Å². The molecule has 1 aliphatic heterocycles. The van der Waals surface area contributed by atoms with Gasteiger partial charge in [0.15, 0.2) is 0 Å². The van der Waals surface area contributed by atoms with Crippen molar-refractivity contribution < 1.29 is 9.18 Å². The van der Waals surface area contributed by atoms with Gasteiger partial charge in [-0.3, -0.25) is 0 Å². The fraction of sp³-hybridized carbons (Fsp3) is 0.414. The van der Waals surface area contributed by atoms with Gasteiger partial charge in [-0.25, -0.2) is 9.18 Å². The van der Waals surface area contributed by atoms with Gasteiger partial charge in [0.1, 0.15) is 5.82 Å². The molecule has 1 atom stereocenters. The molecule has 4 saturated carbocycles. The molecule has 2 aromatic carbocycles. The van der Waals surface area contributed by atoms with Crippen LogP contribution in [0, 0.1) is 23.6 Å². The zero-order valence-electron chi connectivity index (χ0n) is 19.3. The van der Waals surface area contributed by atoms with E-state index in [-0.39, 0.29) is 23.4 Å². The number of halogens is 1. The third-order valence-corrected chi connectivity index (χ3v) is 8.82. The highest BCUT2D eigenvalue weighted by atomic mass is 19.1. The van der Waals surface area contributed by atoms with Gasteiger partial charge in [-0.1, -0.05) is 30.3 Å². The fourth-order valence-electron chi connectivity index (χ4n) is 7.90. The molecule has 0 saturated heterocycles. The van der Waals surface area contributed by atoms with Crippen molar-refractivity contribution in [3.63, 3.8) is 0 Å². The van der Waals surface area contributed by atoms with Crippen molar-refractivity contribution in [2.24, 2.45) is 17.8 Å². The van der Waals surface area contributed by atoms with Gasteiger partial charge in [0.2, 0.25) is 0 Å². The molecule has 2 amide bonds. The molecule has 4 aliphatic carbocycles. The molecular weight excluding hydrogens is 425 g/mol. The zero-order chi connectivity index (χ0) is 22.9. The number of carbonyl (C=O) groups excluding carboxylic acids is 1. The molecule has 4 fully saturated rings. The van der Waals surface area contributed by atoms with E-state index in [0.717, 1.165) is 59.5 Å². The Morgan fingerprint density at radius 1 is 0.882 bits per heavy atom. The zero-order valence-corrected chi connectivity index (χ0v) is 19.3. The topological polar surface area (TPSA) is 37.3 Å². The molecule has 0 unspecified atom stereocenters. The number of para-hydroxylation sites is 1. The molecule has 3 aromatic rings. The molecule has 5 aliphatic rings. The highest BCUT2D eigenvalue weighted by molar-refractivity contribution is 5.77. The van der Waals surface area contributed by atoms with E-state index in [4.69, 9.17) is 0 Å². The van der Waals surface area contributed by atoms with Gasteiger partial charge in [0, 0.05) is 17.4 Å². The number of hydrogen-bond donors (Lipinski definition) is 1. The van der Waals surface area contributed by atoms with Crippen LogP contribution in [-0.4, -0.2) is 21.0 Å². The average Bonchev–Trinajstić information content (AvgIpc) is 3.23. The molecule has 4 bridgehead atoms. The monoisotopic (exact) mass is 455 g/mol. The third kappa shape index (κ3) is 3.20. The number of urea groups is 1. The van der Waals surface area contributed by atoms with Crippen LogP contribution in [0.2, 0.25) is 0 Å². The number of benzene rings is 2. The summed E-state index contributed by atoms with van der Waals surface area (Å²) in [5.74, 6) is 2.03. The van der Waals surface area contributed by atoms with E-state index in [0.29, 0.717) is 6.54 Å². The molecule has 1 aromatic heterocycles. The Morgan fingerprint density at radius 2 is 1.56 bits per heavy atom. The van der Waals surface area contributed by atoms with Crippen LogP contribution in [0.4, 0.5) is 9.18 Å². The molecule has 0 spiro atoms. The quantitative estimate of drug-likeness (QED) is 0.491. The molecule has 8 rings (SSSR count). The molecule has 4 nitrogen and oxygen atoms in total. The van der Waals surface area contributed by atoms with Crippen LogP contribution in [0.1, 0.15) is 61.4 Å². The van der Waals surface area contributed by atoms with E-state index in [1.54, 1.807) is 0 Å². The van der Waals surface area contributed by atoms with E-state index < -0.39 is 0 Å². The molecule has 1 N–H and O–H groups in total. The van der Waals surface area contributed by atoms with Gasteiger partial charge >= 0.3 is 6.03 Å². The second kappa shape index (κ2) is 7.46. The van der Waals surface area contributed by atoms with Crippen LogP contribution in [-0.2, 0) is 6.54 Å². The van der Waals surface area contributed by atoms with Crippen molar-refractivity contribution in [2.75, 3.05) is 0 Å². The number of rotatable bonds is 2. The fourth-order valence-corrected chi connectivity index (χ4v) is 7.90. The van der Waals surface area contributed by atoms with Gasteiger partial charge < -0.3 is 14.8 Å². The second-order valence-corrected chi connectivity index (χ2v) is 11.1. The van der Waals surface area contributed by atoms with Crippen LogP contribution < -0.4 is 5.32 Å². The van der Waals surface area contributed by atoms with Crippen LogP contribution >= 0.6 is 0 Å². The van der Waals surface area contributed by atoms with Crippen LogP contribution in [0.25, 0.3) is 5.69 Å². The maximum atomic E-state index is 14.2. The number of aromatic nitrogens is 1. The molecule has 5 heteroatoms. The second-order valence-electron chi connectivity index (χ2n) is 11.1. The Labute approximate surface area is 199 Å². The van der Waals surface area contributed by atoms with Crippen LogP contribution in [0.3, 0.4) is 0 Å². The Balaban J connectivity index is 1.30. The summed E-state index contributed by atoms with van der Waals surface area (Å²) in [6.45, 7) is 0.512. The number of nitrogens with one attached hydrogen (secondary N) is 1. The van der Waals surface area contributed by atoms with Crippen molar-refractivity contribution in [3.05, 3.63) is 89.5 Å². The predicted molar refractivity (Wildman–Crippen MR) is 129 cm³/mol. The molecule has 34 heavy (non-hydrogen) atoms. The number of amides is 2. The number of nitrogens with zero attached hydrogens (tertiary/aromatic N) is 2. The van der Waals surface area contributed by atoms with Gasteiger partial charge in [0.25, 0.3) is 0 Å². The number of carbonyl (C=O) groups is 1. The Morgan fingerprint density at radius 3 is 2.26 bits per heavy atom. The van der Waals surface area contributed by atoms with Crippen LogP contribution in [0.5, 0.6) is 0 Å². The lowest BCUT2D eigenvalue weighted by Crippen LogP contribution is -2.62. The summed E-state index contributed by atoms with van der Waals surface area (Å²) in [4.78, 5) is 16.1.